The molecular formula is C35H35FN2O6S. The number of aromatic nitrogens is 1. The Morgan fingerprint density at radius 2 is 1.76 bits per heavy atom. The van der Waals surface area contributed by atoms with Crippen LogP contribution in [0.1, 0.15) is 57.4 Å². The second kappa shape index (κ2) is 13.9. The van der Waals surface area contributed by atoms with Gasteiger partial charge in [-0.15, -0.1) is 0 Å². The second-order valence-corrected chi connectivity index (χ2v) is 11.6. The highest BCUT2D eigenvalue weighted by Gasteiger charge is 2.35. The Bertz CT molecular complexity index is 1910. The molecule has 0 spiro atoms. The molecule has 0 N–H and O–H groups in total. The first-order valence-corrected chi connectivity index (χ1v) is 15.6. The van der Waals surface area contributed by atoms with Gasteiger partial charge in [0.05, 0.1) is 35.1 Å². The van der Waals surface area contributed by atoms with Crippen molar-refractivity contribution in [1.29, 1.82) is 0 Å². The highest BCUT2D eigenvalue weighted by atomic mass is 32.1. The summed E-state index contributed by atoms with van der Waals surface area (Å²) < 4.78 is 38.6. The molecule has 2 heterocycles. The second-order valence-electron chi connectivity index (χ2n) is 10.6. The number of thiazole rings is 1. The number of ether oxygens (including phenoxy) is 4. The Kier molecular flexibility index (Phi) is 9.83. The largest absolute Gasteiger partial charge is 0.491 e. The molecule has 10 heteroatoms. The summed E-state index contributed by atoms with van der Waals surface area (Å²) in [4.78, 5) is 32.5. The van der Waals surface area contributed by atoms with Crippen molar-refractivity contribution in [1.82, 2.24) is 4.57 Å². The standard InChI is InChI=1S/C35H35FN2O6S/c1-6-41-29-18-24(14-17-28(29)43-20-23-12-15-25(36)16-13-23)19-30-33(39)38-32(26-10-8-9-11-27(26)44-21(3)4)31(34(40)42-7-2)22(5)37-35(38)45-30/h8-19,21,32H,6-7,20H2,1-5H3/b30-19+/t32-/m1/s1. The average molecular weight is 631 g/mol. The number of benzene rings is 3. The molecule has 0 unspecified atom stereocenters. The van der Waals surface area contributed by atoms with Gasteiger partial charge in [-0.2, -0.15) is 0 Å². The molecule has 1 aromatic heterocycles. The van der Waals surface area contributed by atoms with E-state index < -0.39 is 12.0 Å². The van der Waals surface area contributed by atoms with Gasteiger partial charge < -0.3 is 18.9 Å². The van der Waals surface area contributed by atoms with E-state index in [0.29, 0.717) is 44.4 Å². The third-order valence-corrected chi connectivity index (χ3v) is 7.95. The SMILES string of the molecule is CCOC(=O)C1=C(C)N=c2s/c(=C/c3ccc(OCc4ccc(F)cc4)c(OCC)c3)c(=O)n2[C@@H]1c1ccccc1OC(C)C. The monoisotopic (exact) mass is 630 g/mol. The van der Waals surface area contributed by atoms with Gasteiger partial charge >= 0.3 is 5.97 Å². The quantitative estimate of drug-likeness (QED) is 0.198. The van der Waals surface area contributed by atoms with Crippen molar-refractivity contribution in [2.45, 2.75) is 53.4 Å². The van der Waals surface area contributed by atoms with Gasteiger partial charge in [0, 0.05) is 5.56 Å². The fourth-order valence-electron chi connectivity index (χ4n) is 5.05. The first-order valence-electron chi connectivity index (χ1n) is 14.8. The third-order valence-electron chi connectivity index (χ3n) is 6.97. The third kappa shape index (κ3) is 7.01. The Morgan fingerprint density at radius 1 is 1.00 bits per heavy atom. The number of para-hydroxylation sites is 1. The maximum absolute atomic E-state index is 14.1. The van der Waals surface area contributed by atoms with Crippen molar-refractivity contribution in [2.75, 3.05) is 13.2 Å². The van der Waals surface area contributed by atoms with E-state index in [0.717, 1.165) is 11.1 Å². The lowest BCUT2D eigenvalue weighted by Gasteiger charge is -2.26. The van der Waals surface area contributed by atoms with Crippen LogP contribution in [0.3, 0.4) is 0 Å². The predicted octanol–water partition coefficient (Wildman–Crippen LogP) is 5.70. The van der Waals surface area contributed by atoms with E-state index in [1.165, 1.54) is 23.5 Å². The van der Waals surface area contributed by atoms with Crippen molar-refractivity contribution in [3.63, 3.8) is 0 Å². The molecule has 0 aliphatic carbocycles. The normalized spacial score (nSPS) is 14.6. The lowest BCUT2D eigenvalue weighted by molar-refractivity contribution is -0.139. The van der Waals surface area contributed by atoms with Crippen LogP contribution in [0.15, 0.2) is 87.8 Å². The minimum Gasteiger partial charge on any atom is -0.491 e. The fraction of sp³-hybridized carbons (Fsp3) is 0.286. The minimum absolute atomic E-state index is 0.125. The highest BCUT2D eigenvalue weighted by molar-refractivity contribution is 7.07. The molecule has 0 amide bonds. The van der Waals surface area contributed by atoms with Crippen molar-refractivity contribution >= 4 is 23.4 Å². The van der Waals surface area contributed by atoms with E-state index in [2.05, 4.69) is 4.99 Å². The summed E-state index contributed by atoms with van der Waals surface area (Å²) in [6.45, 7) is 10.0. The molecule has 0 saturated heterocycles. The van der Waals surface area contributed by atoms with Crippen molar-refractivity contribution in [3.05, 3.63) is 120 Å². The zero-order valence-electron chi connectivity index (χ0n) is 25.8. The summed E-state index contributed by atoms with van der Waals surface area (Å²) in [5.41, 5.74) is 2.67. The molecule has 45 heavy (non-hydrogen) atoms. The molecule has 4 aromatic rings. The van der Waals surface area contributed by atoms with Gasteiger partial charge in [-0.05, 0) is 82.2 Å². The van der Waals surface area contributed by atoms with Crippen LogP contribution in [0.25, 0.3) is 6.08 Å². The van der Waals surface area contributed by atoms with Crippen LogP contribution in [0.5, 0.6) is 17.2 Å². The molecule has 0 saturated carbocycles. The van der Waals surface area contributed by atoms with Gasteiger partial charge in [0.15, 0.2) is 16.3 Å². The summed E-state index contributed by atoms with van der Waals surface area (Å²) in [6, 6.07) is 18.1. The molecule has 0 fully saturated rings. The number of carbonyl (C=O) groups excluding carboxylic acids is 1. The molecule has 1 aliphatic heterocycles. The summed E-state index contributed by atoms with van der Waals surface area (Å²) in [6.07, 6.45) is 1.65. The van der Waals surface area contributed by atoms with E-state index in [1.54, 1.807) is 48.8 Å². The fourth-order valence-corrected chi connectivity index (χ4v) is 6.10. The number of allylic oxidation sites excluding steroid dienone is 1. The molecule has 3 aromatic carbocycles. The molecule has 5 rings (SSSR count). The Morgan fingerprint density at radius 3 is 2.47 bits per heavy atom. The number of hydrogen-bond donors (Lipinski definition) is 0. The summed E-state index contributed by atoms with van der Waals surface area (Å²) >= 11 is 1.24. The first kappa shape index (κ1) is 31.7. The number of halogens is 1. The maximum atomic E-state index is 14.1. The number of esters is 1. The number of fused-ring (bicyclic) bond motifs is 1. The zero-order chi connectivity index (χ0) is 32.1. The lowest BCUT2D eigenvalue weighted by Crippen LogP contribution is -2.40. The summed E-state index contributed by atoms with van der Waals surface area (Å²) in [5, 5.41) is 0. The molecule has 1 atom stereocenters. The predicted molar refractivity (Wildman–Crippen MR) is 171 cm³/mol. The van der Waals surface area contributed by atoms with E-state index in [-0.39, 0.29) is 36.3 Å². The Balaban J connectivity index is 1.58. The number of carbonyl (C=O) groups is 1. The Labute approximate surface area is 264 Å². The van der Waals surface area contributed by atoms with Crippen LogP contribution in [0, 0.1) is 5.82 Å². The molecule has 1 aliphatic rings. The lowest BCUT2D eigenvalue weighted by atomic mass is 9.95. The minimum atomic E-state index is -0.793. The van der Waals surface area contributed by atoms with Crippen LogP contribution in [-0.2, 0) is 16.1 Å². The number of hydrogen-bond acceptors (Lipinski definition) is 8. The topological polar surface area (TPSA) is 88.4 Å². The van der Waals surface area contributed by atoms with Crippen molar-refractivity contribution < 1.29 is 28.1 Å². The molecule has 0 bridgehead atoms. The van der Waals surface area contributed by atoms with Crippen LogP contribution in [0.2, 0.25) is 0 Å². The van der Waals surface area contributed by atoms with Gasteiger partial charge in [0.1, 0.15) is 24.2 Å². The van der Waals surface area contributed by atoms with Gasteiger partial charge in [-0.25, -0.2) is 14.2 Å². The highest BCUT2D eigenvalue weighted by Crippen LogP contribution is 2.36. The number of rotatable bonds is 11. The molecular weight excluding hydrogens is 595 g/mol. The molecule has 0 radical (unpaired) electrons. The summed E-state index contributed by atoms with van der Waals surface area (Å²) in [7, 11) is 0. The van der Waals surface area contributed by atoms with Gasteiger partial charge in [0.25, 0.3) is 5.56 Å². The smallest absolute Gasteiger partial charge is 0.338 e. The Hall–Kier alpha value is -4.70. The maximum Gasteiger partial charge on any atom is 0.338 e. The van der Waals surface area contributed by atoms with Crippen LogP contribution < -0.4 is 29.1 Å². The van der Waals surface area contributed by atoms with Crippen LogP contribution >= 0.6 is 11.3 Å². The van der Waals surface area contributed by atoms with Crippen LogP contribution in [0.4, 0.5) is 4.39 Å². The van der Waals surface area contributed by atoms with Gasteiger partial charge in [0.2, 0.25) is 0 Å². The van der Waals surface area contributed by atoms with E-state index in [9.17, 15) is 14.0 Å². The summed E-state index contributed by atoms with van der Waals surface area (Å²) in [5.74, 6) is 0.765. The van der Waals surface area contributed by atoms with Gasteiger partial charge in [-0.1, -0.05) is 47.7 Å². The molecule has 234 valence electrons. The van der Waals surface area contributed by atoms with Crippen LogP contribution in [-0.4, -0.2) is 29.9 Å². The first-order chi connectivity index (χ1) is 21.7. The molecule has 8 nitrogen and oxygen atoms in total. The van der Waals surface area contributed by atoms with Gasteiger partial charge in [-0.3, -0.25) is 9.36 Å². The number of nitrogens with zero attached hydrogens (tertiary/aromatic N) is 2. The van der Waals surface area contributed by atoms with E-state index >= 15 is 0 Å². The van der Waals surface area contributed by atoms with E-state index in [1.807, 2.05) is 51.1 Å². The van der Waals surface area contributed by atoms with E-state index in [4.69, 9.17) is 18.9 Å². The zero-order valence-corrected chi connectivity index (χ0v) is 26.7. The van der Waals surface area contributed by atoms with Crippen molar-refractivity contribution in [2.24, 2.45) is 4.99 Å². The average Bonchev–Trinajstić information content (AvgIpc) is 3.31. The van der Waals surface area contributed by atoms with Crippen molar-refractivity contribution in [3.8, 4) is 17.2 Å².